The lowest BCUT2D eigenvalue weighted by Crippen LogP contribution is -2.44. The molecule has 2 aromatic rings. The first-order chi connectivity index (χ1) is 15.0. The molecule has 1 aromatic carbocycles. The van der Waals surface area contributed by atoms with Crippen LogP contribution >= 0.6 is 0 Å². The average Bonchev–Trinajstić information content (AvgIpc) is 3.01. The van der Waals surface area contributed by atoms with Crippen molar-refractivity contribution in [3.8, 4) is 0 Å². The number of fused-ring (bicyclic) bond motifs is 1. The number of hydrogen-bond acceptors (Lipinski definition) is 5. The molecule has 0 spiro atoms. The summed E-state index contributed by atoms with van der Waals surface area (Å²) in [6, 6.07) is 4.48. The van der Waals surface area contributed by atoms with E-state index in [2.05, 4.69) is 27.7 Å². The molecule has 2 saturated heterocycles. The molecule has 4 atom stereocenters. The van der Waals surface area contributed by atoms with Crippen LogP contribution in [0.15, 0.2) is 32.3 Å². The maximum atomic E-state index is 13.2. The van der Waals surface area contributed by atoms with Crippen LogP contribution in [0.1, 0.15) is 40.5 Å². The van der Waals surface area contributed by atoms with Gasteiger partial charge in [0.05, 0.1) is 10.4 Å². The Kier molecular flexibility index (Phi) is 6.24. The number of likely N-dealkylation sites (tertiary alicyclic amines) is 1. The van der Waals surface area contributed by atoms with Gasteiger partial charge in [-0.1, -0.05) is 27.7 Å². The van der Waals surface area contributed by atoms with Gasteiger partial charge in [-0.05, 0) is 48.6 Å². The number of aromatic nitrogens is 1. The van der Waals surface area contributed by atoms with Crippen molar-refractivity contribution in [1.29, 1.82) is 0 Å². The molecule has 0 unspecified atom stereocenters. The third-order valence-corrected chi connectivity index (χ3v) is 8.46. The first-order valence-corrected chi connectivity index (χ1v) is 12.9. The fraction of sp³-hybridized carbons (Fsp3) is 0.652. The van der Waals surface area contributed by atoms with Crippen LogP contribution in [0.25, 0.3) is 11.1 Å². The minimum atomic E-state index is -3.69. The quantitative estimate of drug-likeness (QED) is 0.695. The predicted octanol–water partition coefficient (Wildman–Crippen LogP) is 2.77. The molecule has 1 amide bonds. The predicted molar refractivity (Wildman–Crippen MR) is 122 cm³/mol. The van der Waals surface area contributed by atoms with Crippen molar-refractivity contribution < 1.29 is 17.6 Å². The van der Waals surface area contributed by atoms with E-state index in [1.807, 2.05) is 4.90 Å². The molecular formula is C23H33N3O5S. The zero-order chi connectivity index (χ0) is 23.2. The van der Waals surface area contributed by atoms with Crippen LogP contribution in [0.5, 0.6) is 0 Å². The van der Waals surface area contributed by atoms with Crippen LogP contribution in [0.2, 0.25) is 0 Å². The van der Waals surface area contributed by atoms with Crippen molar-refractivity contribution in [3.63, 3.8) is 0 Å². The average molecular weight is 464 g/mol. The Morgan fingerprint density at radius 1 is 0.969 bits per heavy atom. The van der Waals surface area contributed by atoms with Crippen molar-refractivity contribution in [3.05, 3.63) is 28.7 Å². The zero-order valence-corrected chi connectivity index (χ0v) is 20.1. The smallest absolute Gasteiger partial charge is 0.408 e. The highest BCUT2D eigenvalue weighted by Gasteiger charge is 2.32. The van der Waals surface area contributed by atoms with E-state index in [-0.39, 0.29) is 22.9 Å². The number of oxazole rings is 1. The van der Waals surface area contributed by atoms with Crippen LogP contribution in [0.3, 0.4) is 0 Å². The lowest BCUT2D eigenvalue weighted by Gasteiger charge is -2.35. The largest absolute Gasteiger partial charge is 0.420 e. The molecule has 8 nitrogen and oxygen atoms in total. The number of rotatable bonds is 4. The molecule has 4 rings (SSSR count). The van der Waals surface area contributed by atoms with E-state index < -0.39 is 15.8 Å². The Hall–Kier alpha value is -2.13. The van der Waals surface area contributed by atoms with Crippen molar-refractivity contribution >= 4 is 27.0 Å². The van der Waals surface area contributed by atoms with Gasteiger partial charge in [0, 0.05) is 32.2 Å². The second-order valence-corrected chi connectivity index (χ2v) is 12.0. The Labute approximate surface area is 189 Å². The molecule has 1 aromatic heterocycles. The van der Waals surface area contributed by atoms with E-state index in [4.69, 9.17) is 4.42 Å². The molecule has 9 heteroatoms. The highest BCUT2D eigenvalue weighted by atomic mass is 32.2. The molecule has 3 heterocycles. The summed E-state index contributed by atoms with van der Waals surface area (Å²) in [7, 11) is -3.69. The number of hydrogen-bond donors (Lipinski definition) is 0. The van der Waals surface area contributed by atoms with E-state index in [0.29, 0.717) is 55.4 Å². The summed E-state index contributed by atoms with van der Waals surface area (Å²) in [6.45, 7) is 10.6. The first-order valence-electron chi connectivity index (χ1n) is 11.5. The van der Waals surface area contributed by atoms with Gasteiger partial charge in [0.2, 0.25) is 15.9 Å². The summed E-state index contributed by atoms with van der Waals surface area (Å²) in [5.74, 6) is 0.662. The fourth-order valence-corrected chi connectivity index (χ4v) is 7.11. The Balaban J connectivity index is 1.59. The molecule has 0 saturated carbocycles. The summed E-state index contributed by atoms with van der Waals surface area (Å²) >= 11 is 0. The normalized spacial score (nSPS) is 27.7. The number of benzene rings is 1. The van der Waals surface area contributed by atoms with E-state index in [9.17, 15) is 18.0 Å². The first kappa shape index (κ1) is 23.0. The van der Waals surface area contributed by atoms with Crippen LogP contribution in [0, 0.1) is 23.7 Å². The number of nitrogens with zero attached hydrogens (tertiary/aromatic N) is 3. The Morgan fingerprint density at radius 3 is 2.12 bits per heavy atom. The summed E-state index contributed by atoms with van der Waals surface area (Å²) in [4.78, 5) is 27.3. The monoisotopic (exact) mass is 463 g/mol. The lowest BCUT2D eigenvalue weighted by molar-refractivity contribution is -0.134. The molecule has 0 bridgehead atoms. The Morgan fingerprint density at radius 2 is 1.53 bits per heavy atom. The molecule has 32 heavy (non-hydrogen) atoms. The van der Waals surface area contributed by atoms with Crippen LogP contribution in [0.4, 0.5) is 0 Å². The maximum absolute atomic E-state index is 13.2. The van der Waals surface area contributed by atoms with E-state index in [1.54, 1.807) is 6.07 Å². The number of piperidine rings is 2. The van der Waals surface area contributed by atoms with Crippen LogP contribution < -0.4 is 5.76 Å². The van der Waals surface area contributed by atoms with Gasteiger partial charge >= 0.3 is 5.76 Å². The van der Waals surface area contributed by atoms with Crippen molar-refractivity contribution in [2.75, 3.05) is 26.2 Å². The molecule has 2 aliphatic heterocycles. The van der Waals surface area contributed by atoms with E-state index >= 15 is 0 Å². The molecule has 2 aliphatic rings. The lowest BCUT2D eigenvalue weighted by atomic mass is 9.92. The third-order valence-electron chi connectivity index (χ3n) is 6.63. The molecule has 2 fully saturated rings. The van der Waals surface area contributed by atoms with Crippen LogP contribution in [-0.2, 0) is 21.4 Å². The fourth-order valence-electron chi connectivity index (χ4n) is 5.41. The summed E-state index contributed by atoms with van der Waals surface area (Å²) in [6.07, 6.45) is 2.09. The number of sulfonamides is 1. The topological polar surface area (TPSA) is 92.8 Å². The standard InChI is InChI=1S/C23H33N3O5S/c1-15-7-16(2)11-24(10-15)22(27)14-26-20-6-5-19(9-21(20)31-23(26)28)32(29,30)25-12-17(3)8-18(4)13-25/h5-6,9,15-18H,7-8,10-14H2,1-4H3/t15-,16+,17-,18-/m1/s1. The summed E-state index contributed by atoms with van der Waals surface area (Å²) < 4.78 is 34.6. The van der Waals surface area contributed by atoms with Crippen molar-refractivity contribution in [1.82, 2.24) is 13.8 Å². The van der Waals surface area contributed by atoms with Gasteiger partial charge in [0.1, 0.15) is 6.54 Å². The van der Waals surface area contributed by atoms with Crippen LogP contribution in [-0.4, -0.2) is 54.3 Å². The SMILES string of the molecule is C[C@@H]1C[C@H](C)CN(C(=O)Cn2c(=O)oc3cc(S(=O)(=O)N4C[C@H](C)C[C@@H](C)C4)ccc32)C1. The van der Waals surface area contributed by atoms with E-state index in [1.165, 1.54) is 21.0 Å². The van der Waals surface area contributed by atoms with Gasteiger partial charge < -0.3 is 9.32 Å². The second-order valence-electron chi connectivity index (χ2n) is 10.1. The van der Waals surface area contributed by atoms with Gasteiger partial charge in [-0.2, -0.15) is 4.31 Å². The maximum Gasteiger partial charge on any atom is 0.420 e. The van der Waals surface area contributed by atoms with Gasteiger partial charge in [-0.25, -0.2) is 13.2 Å². The van der Waals surface area contributed by atoms with Gasteiger partial charge in [-0.3, -0.25) is 9.36 Å². The van der Waals surface area contributed by atoms with Crippen molar-refractivity contribution in [2.24, 2.45) is 23.7 Å². The van der Waals surface area contributed by atoms with Crippen molar-refractivity contribution in [2.45, 2.75) is 52.0 Å². The minimum Gasteiger partial charge on any atom is -0.408 e. The molecular weight excluding hydrogens is 430 g/mol. The highest BCUT2D eigenvalue weighted by molar-refractivity contribution is 7.89. The number of carbonyl (C=O) groups excluding carboxylic acids is 1. The third kappa shape index (κ3) is 4.50. The summed E-state index contributed by atoms with van der Waals surface area (Å²) in [5, 5.41) is 0. The molecule has 176 valence electrons. The minimum absolute atomic E-state index is 0.109. The summed E-state index contributed by atoms with van der Waals surface area (Å²) in [5.41, 5.74) is 0.614. The highest BCUT2D eigenvalue weighted by Crippen LogP contribution is 2.28. The molecule has 0 N–H and O–H groups in total. The number of carbonyl (C=O) groups is 1. The van der Waals surface area contributed by atoms with Gasteiger partial charge in [0.25, 0.3) is 0 Å². The van der Waals surface area contributed by atoms with Gasteiger partial charge in [0.15, 0.2) is 5.58 Å². The molecule has 0 radical (unpaired) electrons. The zero-order valence-electron chi connectivity index (χ0n) is 19.3. The van der Waals surface area contributed by atoms with Gasteiger partial charge in [-0.15, -0.1) is 0 Å². The molecule has 0 aliphatic carbocycles. The van der Waals surface area contributed by atoms with E-state index in [0.717, 1.165) is 12.8 Å². The second kappa shape index (κ2) is 8.67. The Bertz CT molecular complexity index is 1150. The number of amides is 1.